The zero-order valence-corrected chi connectivity index (χ0v) is 17.8. The van der Waals surface area contributed by atoms with E-state index in [1.54, 1.807) is 41.2 Å². The molecule has 0 radical (unpaired) electrons. The first-order valence-electron chi connectivity index (χ1n) is 8.92. The molecule has 0 spiro atoms. The van der Waals surface area contributed by atoms with E-state index in [0.29, 0.717) is 37.4 Å². The summed E-state index contributed by atoms with van der Waals surface area (Å²) in [7, 11) is 0. The van der Waals surface area contributed by atoms with E-state index in [1.165, 1.54) is 16.7 Å². The van der Waals surface area contributed by atoms with Gasteiger partial charge in [0.15, 0.2) is 5.65 Å². The van der Waals surface area contributed by atoms with Gasteiger partial charge in [-0.1, -0.05) is 16.8 Å². The van der Waals surface area contributed by atoms with Crippen molar-refractivity contribution in [2.75, 3.05) is 0 Å². The Morgan fingerprint density at radius 2 is 1.90 bits per heavy atom. The lowest BCUT2D eigenvalue weighted by Gasteiger charge is -2.13. The molecule has 3 heterocycles. The minimum Gasteiger partial charge on any atom is -0.268 e. The van der Waals surface area contributed by atoms with Crippen LogP contribution in [0.25, 0.3) is 33.5 Å². The second kappa shape index (κ2) is 7.00. The Morgan fingerprint density at radius 1 is 1.13 bits per heavy atom. The third-order valence-corrected chi connectivity index (χ3v) is 6.12. The van der Waals surface area contributed by atoms with Gasteiger partial charge in [0.05, 0.1) is 21.6 Å². The summed E-state index contributed by atoms with van der Waals surface area (Å²) in [6.07, 6.45) is 3.37. The number of nitrogens with zero attached hydrogens (tertiary/aromatic N) is 5. The first-order chi connectivity index (χ1) is 14.5. The number of hydrogen-bond donors (Lipinski definition) is 0. The molecule has 0 bridgehead atoms. The number of halogens is 3. The van der Waals surface area contributed by atoms with E-state index >= 15 is 0 Å². The zero-order chi connectivity index (χ0) is 21.0. The monoisotopic (exact) mass is 483 g/mol. The van der Waals surface area contributed by atoms with Crippen LogP contribution in [0, 0.1) is 12.7 Å². The molecular formula is C21H12BrClFN5O. The van der Waals surface area contributed by atoms with Crippen LogP contribution in [-0.4, -0.2) is 24.4 Å². The van der Waals surface area contributed by atoms with Crippen molar-refractivity contribution in [1.82, 2.24) is 24.4 Å². The van der Waals surface area contributed by atoms with Crippen LogP contribution in [0.4, 0.5) is 4.39 Å². The van der Waals surface area contributed by atoms with Crippen molar-refractivity contribution >= 4 is 44.1 Å². The molecule has 0 atom stereocenters. The molecule has 0 aliphatic heterocycles. The van der Waals surface area contributed by atoms with Gasteiger partial charge in [-0.15, -0.1) is 5.10 Å². The van der Waals surface area contributed by atoms with Crippen molar-refractivity contribution in [3.8, 4) is 16.9 Å². The van der Waals surface area contributed by atoms with Crippen LogP contribution in [0.3, 0.4) is 0 Å². The molecular weight excluding hydrogens is 473 g/mol. The summed E-state index contributed by atoms with van der Waals surface area (Å²) in [6, 6.07) is 10.8. The number of aromatic nitrogens is 5. The fraction of sp³-hybridized carbons (Fsp3) is 0.0476. The quantitative estimate of drug-likeness (QED) is 0.355. The molecule has 6 nitrogen and oxygen atoms in total. The van der Waals surface area contributed by atoms with Gasteiger partial charge in [-0.05, 0) is 70.9 Å². The topological polar surface area (TPSA) is 65.1 Å². The summed E-state index contributed by atoms with van der Waals surface area (Å²) >= 11 is 9.67. The lowest BCUT2D eigenvalue weighted by atomic mass is 10.1. The standard InChI is InChI=1S/C21H12BrClFN5O/c1-11-10-25-7-6-14(11)19-20-28(13-4-2-12(24)3-5-13)21(30)15-8-16(22)17(23)9-18(15)29(20)27-26-19/h2-10H,1H3. The number of rotatable bonds is 2. The number of pyridine rings is 1. The van der Waals surface area contributed by atoms with Crippen molar-refractivity contribution in [3.05, 3.63) is 86.1 Å². The van der Waals surface area contributed by atoms with Crippen LogP contribution in [0.1, 0.15) is 5.56 Å². The molecule has 0 fully saturated rings. The van der Waals surface area contributed by atoms with Gasteiger partial charge >= 0.3 is 0 Å². The van der Waals surface area contributed by atoms with Crippen LogP contribution in [0.2, 0.25) is 5.02 Å². The van der Waals surface area contributed by atoms with Gasteiger partial charge in [-0.25, -0.2) is 4.39 Å². The second-order valence-electron chi connectivity index (χ2n) is 6.76. The maximum atomic E-state index is 13.6. The van der Waals surface area contributed by atoms with E-state index in [4.69, 9.17) is 11.6 Å². The number of aryl methyl sites for hydroxylation is 1. The van der Waals surface area contributed by atoms with Crippen molar-refractivity contribution in [2.45, 2.75) is 6.92 Å². The Balaban J connectivity index is 2.01. The highest BCUT2D eigenvalue weighted by Crippen LogP contribution is 2.31. The van der Waals surface area contributed by atoms with Gasteiger partial charge < -0.3 is 0 Å². The molecule has 0 saturated carbocycles. The molecule has 5 aromatic rings. The molecule has 3 aromatic heterocycles. The first kappa shape index (κ1) is 18.9. The first-order valence-corrected chi connectivity index (χ1v) is 10.1. The van der Waals surface area contributed by atoms with Gasteiger partial charge in [0.2, 0.25) is 0 Å². The van der Waals surface area contributed by atoms with Crippen LogP contribution in [0.5, 0.6) is 0 Å². The Hall–Kier alpha value is -3.10. The largest absolute Gasteiger partial charge is 0.268 e. The van der Waals surface area contributed by atoms with Crippen molar-refractivity contribution < 1.29 is 4.39 Å². The van der Waals surface area contributed by atoms with Crippen molar-refractivity contribution in [1.29, 1.82) is 0 Å². The third kappa shape index (κ3) is 2.83. The molecule has 0 amide bonds. The number of hydrogen-bond acceptors (Lipinski definition) is 4. The molecule has 0 aliphatic carbocycles. The summed E-state index contributed by atoms with van der Waals surface area (Å²) in [5.74, 6) is -0.394. The zero-order valence-electron chi connectivity index (χ0n) is 15.5. The lowest BCUT2D eigenvalue weighted by molar-refractivity contribution is 0.627. The average Bonchev–Trinajstić information content (AvgIpc) is 3.16. The summed E-state index contributed by atoms with van der Waals surface area (Å²) in [5, 5.41) is 9.53. The number of benzene rings is 2. The van der Waals surface area contributed by atoms with E-state index in [1.807, 2.05) is 13.0 Å². The predicted octanol–water partition coefficient (Wildman–Crippen LogP) is 4.96. The minimum absolute atomic E-state index is 0.295. The lowest BCUT2D eigenvalue weighted by Crippen LogP contribution is -2.22. The van der Waals surface area contributed by atoms with E-state index in [0.717, 1.165) is 11.1 Å². The summed E-state index contributed by atoms with van der Waals surface area (Å²) < 4.78 is 17.2. The highest BCUT2D eigenvalue weighted by atomic mass is 79.9. The van der Waals surface area contributed by atoms with Crippen LogP contribution in [-0.2, 0) is 0 Å². The summed E-state index contributed by atoms with van der Waals surface area (Å²) in [5.41, 5.74) is 3.35. The Kier molecular flexibility index (Phi) is 4.41. The molecule has 9 heteroatoms. The van der Waals surface area contributed by atoms with Gasteiger partial charge in [0, 0.05) is 22.4 Å². The minimum atomic E-state index is -0.394. The highest BCUT2D eigenvalue weighted by molar-refractivity contribution is 9.10. The molecule has 0 saturated heterocycles. The molecule has 2 aromatic carbocycles. The van der Waals surface area contributed by atoms with Gasteiger partial charge in [0.1, 0.15) is 11.5 Å². The van der Waals surface area contributed by atoms with Crippen LogP contribution < -0.4 is 5.56 Å². The predicted molar refractivity (Wildman–Crippen MR) is 117 cm³/mol. The fourth-order valence-corrected chi connectivity index (χ4v) is 3.98. The van der Waals surface area contributed by atoms with E-state index in [-0.39, 0.29) is 5.56 Å². The normalized spacial score (nSPS) is 11.5. The molecule has 30 heavy (non-hydrogen) atoms. The second-order valence-corrected chi connectivity index (χ2v) is 8.03. The summed E-state index contributed by atoms with van der Waals surface area (Å²) in [6.45, 7) is 1.91. The van der Waals surface area contributed by atoms with Crippen LogP contribution in [0.15, 0.2) is 64.1 Å². The van der Waals surface area contributed by atoms with Gasteiger partial charge in [-0.2, -0.15) is 4.52 Å². The Labute approximate surface area is 182 Å². The van der Waals surface area contributed by atoms with E-state index in [9.17, 15) is 9.18 Å². The molecule has 0 aliphatic rings. The molecule has 0 unspecified atom stereocenters. The molecule has 5 rings (SSSR count). The van der Waals surface area contributed by atoms with Crippen molar-refractivity contribution in [2.24, 2.45) is 0 Å². The fourth-order valence-electron chi connectivity index (χ4n) is 3.48. The van der Waals surface area contributed by atoms with Gasteiger partial charge in [-0.3, -0.25) is 14.3 Å². The third-order valence-electron chi connectivity index (χ3n) is 4.92. The van der Waals surface area contributed by atoms with Crippen LogP contribution >= 0.6 is 27.5 Å². The maximum absolute atomic E-state index is 13.6. The molecule has 0 N–H and O–H groups in total. The van der Waals surface area contributed by atoms with Crippen molar-refractivity contribution in [3.63, 3.8) is 0 Å². The number of fused-ring (bicyclic) bond motifs is 3. The Bertz CT molecular complexity index is 1510. The smallest absolute Gasteiger partial charge is 0.266 e. The molecule has 148 valence electrons. The Morgan fingerprint density at radius 3 is 2.63 bits per heavy atom. The summed E-state index contributed by atoms with van der Waals surface area (Å²) in [4.78, 5) is 17.7. The van der Waals surface area contributed by atoms with E-state index < -0.39 is 5.82 Å². The maximum Gasteiger partial charge on any atom is 0.266 e. The SMILES string of the molecule is Cc1cnccc1-c1nnn2c3cc(Cl)c(Br)cc3c(=O)n(-c3ccc(F)cc3)c12. The highest BCUT2D eigenvalue weighted by Gasteiger charge is 2.21. The average molecular weight is 485 g/mol. The van der Waals surface area contributed by atoms with Gasteiger partial charge in [0.25, 0.3) is 5.56 Å². The van der Waals surface area contributed by atoms with E-state index in [2.05, 4.69) is 31.2 Å².